The van der Waals surface area contributed by atoms with Gasteiger partial charge in [-0.05, 0) is 42.0 Å². The predicted molar refractivity (Wildman–Crippen MR) is 84.5 cm³/mol. The maximum Gasteiger partial charge on any atom is 0.250 e. The highest BCUT2D eigenvalue weighted by molar-refractivity contribution is 6.03. The van der Waals surface area contributed by atoms with Crippen LogP contribution < -0.4 is 10.6 Å². The first-order chi connectivity index (χ1) is 10.1. The number of carbonyl (C=O) groups excluding carboxylic acids is 1. The number of hydrogen-bond acceptors (Lipinski definition) is 3. The summed E-state index contributed by atoms with van der Waals surface area (Å²) in [5.41, 5.74) is 8.40. The second-order valence-corrected chi connectivity index (χ2v) is 4.56. The van der Waals surface area contributed by atoms with Crippen LogP contribution in [-0.4, -0.2) is 13.0 Å². The molecule has 2 N–H and O–H groups in total. The number of likely N-dealkylation sites (N-methyl/N-ethyl adjacent to an activating group) is 1. The molecule has 4 nitrogen and oxygen atoms in total. The standard InChI is InChI=1S/C17H15N3O/c1-20(16-4-2-3-14(11-16)12-18)17(21)10-7-13-5-8-15(19)9-6-13/h2-11H,19H2,1H3/b10-7+. The summed E-state index contributed by atoms with van der Waals surface area (Å²) in [6.45, 7) is 0. The number of anilines is 2. The van der Waals surface area contributed by atoms with E-state index in [-0.39, 0.29) is 5.91 Å². The highest BCUT2D eigenvalue weighted by Gasteiger charge is 2.07. The Morgan fingerprint density at radius 3 is 2.62 bits per heavy atom. The van der Waals surface area contributed by atoms with Crippen LogP contribution in [0.5, 0.6) is 0 Å². The molecule has 0 spiro atoms. The average molecular weight is 277 g/mol. The van der Waals surface area contributed by atoms with Crippen molar-refractivity contribution in [2.75, 3.05) is 17.7 Å². The number of benzene rings is 2. The molecule has 1 amide bonds. The van der Waals surface area contributed by atoms with Gasteiger partial charge >= 0.3 is 0 Å². The minimum atomic E-state index is -0.165. The number of nitrogens with two attached hydrogens (primary N) is 1. The van der Waals surface area contributed by atoms with Crippen molar-refractivity contribution in [1.82, 2.24) is 0 Å². The van der Waals surface area contributed by atoms with E-state index < -0.39 is 0 Å². The third-order valence-electron chi connectivity index (χ3n) is 3.05. The van der Waals surface area contributed by atoms with Crippen LogP contribution in [0.15, 0.2) is 54.6 Å². The van der Waals surface area contributed by atoms with Crippen LogP contribution in [-0.2, 0) is 4.79 Å². The minimum Gasteiger partial charge on any atom is -0.399 e. The molecule has 0 aliphatic carbocycles. The highest BCUT2D eigenvalue weighted by Crippen LogP contribution is 2.15. The van der Waals surface area contributed by atoms with Crippen LogP contribution in [0, 0.1) is 11.3 Å². The van der Waals surface area contributed by atoms with Gasteiger partial charge in [0.15, 0.2) is 0 Å². The second kappa shape index (κ2) is 6.40. The van der Waals surface area contributed by atoms with E-state index in [1.54, 1.807) is 49.5 Å². The molecular weight excluding hydrogens is 262 g/mol. The van der Waals surface area contributed by atoms with Gasteiger partial charge in [-0.15, -0.1) is 0 Å². The SMILES string of the molecule is CN(C(=O)/C=C/c1ccc(N)cc1)c1cccc(C#N)c1. The lowest BCUT2D eigenvalue weighted by atomic mass is 10.2. The molecule has 104 valence electrons. The van der Waals surface area contributed by atoms with Crippen molar-refractivity contribution in [3.05, 3.63) is 65.7 Å². The molecule has 0 radical (unpaired) electrons. The van der Waals surface area contributed by atoms with Crippen molar-refractivity contribution < 1.29 is 4.79 Å². The third kappa shape index (κ3) is 3.71. The van der Waals surface area contributed by atoms with Crippen LogP contribution in [0.2, 0.25) is 0 Å². The summed E-state index contributed by atoms with van der Waals surface area (Å²) in [7, 11) is 1.67. The fourth-order valence-electron chi connectivity index (χ4n) is 1.80. The molecule has 0 bridgehead atoms. The first kappa shape index (κ1) is 14.4. The summed E-state index contributed by atoms with van der Waals surface area (Å²) in [5.74, 6) is -0.165. The average Bonchev–Trinajstić information content (AvgIpc) is 2.53. The normalized spacial score (nSPS) is 10.3. The van der Waals surface area contributed by atoms with Crippen molar-refractivity contribution >= 4 is 23.4 Å². The van der Waals surface area contributed by atoms with Gasteiger partial charge < -0.3 is 10.6 Å². The number of hydrogen-bond donors (Lipinski definition) is 1. The zero-order valence-corrected chi connectivity index (χ0v) is 11.7. The maximum atomic E-state index is 12.1. The second-order valence-electron chi connectivity index (χ2n) is 4.56. The minimum absolute atomic E-state index is 0.165. The summed E-state index contributed by atoms with van der Waals surface area (Å²) in [6, 6.07) is 16.2. The van der Waals surface area contributed by atoms with E-state index in [1.807, 2.05) is 12.1 Å². The smallest absolute Gasteiger partial charge is 0.250 e. The zero-order valence-electron chi connectivity index (χ0n) is 11.7. The molecule has 0 saturated carbocycles. The van der Waals surface area contributed by atoms with Crippen molar-refractivity contribution in [2.45, 2.75) is 0 Å². The summed E-state index contributed by atoms with van der Waals surface area (Å²) in [5, 5.41) is 8.88. The van der Waals surface area contributed by atoms with Crippen molar-refractivity contribution in [3.8, 4) is 6.07 Å². The quantitative estimate of drug-likeness (QED) is 0.692. The molecule has 2 aromatic carbocycles. The Balaban J connectivity index is 2.12. The van der Waals surface area contributed by atoms with Crippen LogP contribution in [0.25, 0.3) is 6.08 Å². The highest BCUT2D eigenvalue weighted by atomic mass is 16.2. The molecule has 0 atom stereocenters. The van der Waals surface area contributed by atoms with Gasteiger partial charge in [0.1, 0.15) is 0 Å². The number of nitriles is 1. The van der Waals surface area contributed by atoms with Gasteiger partial charge in [0.2, 0.25) is 0 Å². The summed E-state index contributed by atoms with van der Waals surface area (Å²) < 4.78 is 0. The molecular formula is C17H15N3O. The lowest BCUT2D eigenvalue weighted by Crippen LogP contribution is -2.23. The van der Waals surface area contributed by atoms with Crippen LogP contribution in [0.1, 0.15) is 11.1 Å². The van der Waals surface area contributed by atoms with Crippen LogP contribution in [0.4, 0.5) is 11.4 Å². The molecule has 0 aromatic heterocycles. The number of amides is 1. The first-order valence-corrected chi connectivity index (χ1v) is 6.41. The lowest BCUT2D eigenvalue weighted by molar-refractivity contribution is -0.113. The number of nitrogens with zero attached hydrogens (tertiary/aromatic N) is 2. The fraction of sp³-hybridized carbons (Fsp3) is 0.0588. The lowest BCUT2D eigenvalue weighted by Gasteiger charge is -2.15. The largest absolute Gasteiger partial charge is 0.399 e. The predicted octanol–water partition coefficient (Wildman–Crippen LogP) is 2.82. The van der Waals surface area contributed by atoms with E-state index in [0.717, 1.165) is 5.56 Å². The molecule has 0 unspecified atom stereocenters. The van der Waals surface area contributed by atoms with Crippen LogP contribution in [0.3, 0.4) is 0 Å². The Labute approximate surface area is 123 Å². The van der Waals surface area contributed by atoms with Gasteiger partial charge in [-0.25, -0.2) is 0 Å². The van der Waals surface area contributed by atoms with Gasteiger partial charge in [0.05, 0.1) is 11.6 Å². The van der Waals surface area contributed by atoms with Crippen molar-refractivity contribution in [3.63, 3.8) is 0 Å². The molecule has 0 aliphatic heterocycles. The zero-order chi connectivity index (χ0) is 15.2. The Kier molecular flexibility index (Phi) is 4.37. The first-order valence-electron chi connectivity index (χ1n) is 6.41. The van der Waals surface area contributed by atoms with Gasteiger partial charge in [-0.2, -0.15) is 5.26 Å². The molecule has 21 heavy (non-hydrogen) atoms. The third-order valence-corrected chi connectivity index (χ3v) is 3.05. The molecule has 2 rings (SSSR count). The maximum absolute atomic E-state index is 12.1. The van der Waals surface area contributed by atoms with E-state index in [4.69, 9.17) is 11.0 Å². The van der Waals surface area contributed by atoms with Crippen LogP contribution >= 0.6 is 0 Å². The Bertz CT molecular complexity index is 712. The molecule has 0 aliphatic rings. The van der Waals surface area contributed by atoms with Crippen molar-refractivity contribution in [1.29, 1.82) is 5.26 Å². The van der Waals surface area contributed by atoms with Gasteiger partial charge in [0, 0.05) is 24.5 Å². The molecule has 0 fully saturated rings. The van der Waals surface area contributed by atoms with Gasteiger partial charge in [-0.3, -0.25) is 4.79 Å². The van der Waals surface area contributed by atoms with Crippen molar-refractivity contribution in [2.24, 2.45) is 0 Å². The Morgan fingerprint density at radius 1 is 1.24 bits per heavy atom. The van der Waals surface area contributed by atoms with Gasteiger partial charge in [0.25, 0.3) is 5.91 Å². The Hall–Kier alpha value is -3.06. The van der Waals surface area contributed by atoms with E-state index >= 15 is 0 Å². The van der Waals surface area contributed by atoms with E-state index in [2.05, 4.69) is 6.07 Å². The number of rotatable bonds is 3. The Morgan fingerprint density at radius 2 is 1.95 bits per heavy atom. The molecule has 0 saturated heterocycles. The van der Waals surface area contributed by atoms with Gasteiger partial charge in [-0.1, -0.05) is 18.2 Å². The number of nitrogen functional groups attached to an aromatic ring is 1. The monoisotopic (exact) mass is 277 g/mol. The molecule has 4 heteroatoms. The van der Waals surface area contributed by atoms with E-state index in [9.17, 15) is 4.79 Å². The summed E-state index contributed by atoms with van der Waals surface area (Å²) in [6.07, 6.45) is 3.22. The van der Waals surface area contributed by atoms with E-state index in [1.165, 1.54) is 11.0 Å². The topological polar surface area (TPSA) is 70.1 Å². The number of carbonyl (C=O) groups is 1. The fourth-order valence-corrected chi connectivity index (χ4v) is 1.80. The summed E-state index contributed by atoms with van der Waals surface area (Å²) in [4.78, 5) is 13.6. The summed E-state index contributed by atoms with van der Waals surface area (Å²) >= 11 is 0. The molecule has 2 aromatic rings. The van der Waals surface area contributed by atoms with E-state index in [0.29, 0.717) is 16.9 Å². The molecule has 0 heterocycles.